The van der Waals surface area contributed by atoms with Gasteiger partial charge in [0, 0.05) is 18.5 Å². The van der Waals surface area contributed by atoms with Crippen molar-refractivity contribution in [1.82, 2.24) is 10.3 Å². The zero-order chi connectivity index (χ0) is 12.8. The molecule has 0 aliphatic carbocycles. The van der Waals surface area contributed by atoms with Crippen LogP contribution in [0.15, 0.2) is 0 Å². The van der Waals surface area contributed by atoms with Crippen LogP contribution < -0.4 is 5.32 Å². The highest BCUT2D eigenvalue weighted by atomic mass is 32.1. The maximum atomic E-state index is 11.7. The van der Waals surface area contributed by atoms with Gasteiger partial charge in [-0.2, -0.15) is 0 Å². The summed E-state index contributed by atoms with van der Waals surface area (Å²) in [6, 6.07) is 0. The fraction of sp³-hybridized carbons (Fsp3) is 0.667. The molecule has 0 fully saturated rings. The van der Waals surface area contributed by atoms with Gasteiger partial charge in [-0.15, -0.1) is 11.3 Å². The number of ether oxygens (including phenoxy) is 1. The van der Waals surface area contributed by atoms with Gasteiger partial charge in [-0.05, 0) is 12.8 Å². The van der Waals surface area contributed by atoms with Crippen LogP contribution in [0.25, 0.3) is 0 Å². The molecule has 0 aliphatic rings. The third-order valence-electron chi connectivity index (χ3n) is 2.23. The van der Waals surface area contributed by atoms with Crippen LogP contribution in [-0.4, -0.2) is 24.5 Å². The second-order valence-corrected chi connectivity index (χ2v) is 5.59. The molecular formula is C12H20N2O2S. The van der Waals surface area contributed by atoms with Gasteiger partial charge in [0.15, 0.2) is 0 Å². The molecule has 1 rings (SSSR count). The maximum absolute atomic E-state index is 11.7. The highest BCUT2D eigenvalue weighted by Gasteiger charge is 2.11. The second kappa shape index (κ2) is 6.71. The summed E-state index contributed by atoms with van der Waals surface area (Å²) in [7, 11) is 1.64. The van der Waals surface area contributed by atoms with Crippen molar-refractivity contribution in [3.63, 3.8) is 0 Å². The van der Waals surface area contributed by atoms with E-state index in [1.165, 1.54) is 0 Å². The van der Waals surface area contributed by atoms with E-state index in [2.05, 4.69) is 24.1 Å². The van der Waals surface area contributed by atoms with Gasteiger partial charge in [0.05, 0.1) is 18.7 Å². The molecule has 0 aromatic carbocycles. The van der Waals surface area contributed by atoms with Crippen LogP contribution in [0.1, 0.15) is 29.4 Å². The maximum Gasteiger partial charge on any atom is 0.225 e. The molecule has 5 heteroatoms. The Kier molecular flexibility index (Phi) is 5.58. The Bertz CT molecular complexity index is 375. The number of amides is 1. The fourth-order valence-electron chi connectivity index (χ4n) is 1.36. The largest absolute Gasteiger partial charge is 0.378 e. The molecule has 17 heavy (non-hydrogen) atoms. The smallest absolute Gasteiger partial charge is 0.225 e. The van der Waals surface area contributed by atoms with E-state index in [-0.39, 0.29) is 5.91 Å². The summed E-state index contributed by atoms with van der Waals surface area (Å²) in [4.78, 5) is 17.1. The number of nitrogens with zero attached hydrogens (tertiary/aromatic N) is 1. The lowest BCUT2D eigenvalue weighted by Crippen LogP contribution is -2.28. The summed E-state index contributed by atoms with van der Waals surface area (Å²) in [5.74, 6) is 0.542. The highest BCUT2D eigenvalue weighted by Crippen LogP contribution is 2.19. The van der Waals surface area contributed by atoms with Crippen LogP contribution in [-0.2, 0) is 22.6 Å². The number of hydrogen-bond acceptors (Lipinski definition) is 4. The van der Waals surface area contributed by atoms with Crippen molar-refractivity contribution < 1.29 is 9.53 Å². The monoisotopic (exact) mass is 256 g/mol. The van der Waals surface area contributed by atoms with Crippen molar-refractivity contribution in [2.45, 2.75) is 33.8 Å². The normalized spacial score (nSPS) is 10.9. The number of nitrogens with one attached hydrogen (secondary N) is 1. The lowest BCUT2D eigenvalue weighted by Gasteiger charge is -2.06. The fourth-order valence-corrected chi connectivity index (χ4v) is 2.40. The first kappa shape index (κ1) is 14.1. The molecule has 0 atom stereocenters. The van der Waals surface area contributed by atoms with Crippen LogP contribution in [0.4, 0.5) is 0 Å². The average Bonchev–Trinajstić information content (AvgIpc) is 2.57. The molecule has 1 N–H and O–H groups in total. The first-order valence-electron chi connectivity index (χ1n) is 5.73. The molecule has 1 amide bonds. The molecule has 1 aromatic heterocycles. The molecule has 0 saturated heterocycles. The predicted molar refractivity (Wildman–Crippen MR) is 69.1 cm³/mol. The lowest BCUT2D eigenvalue weighted by atomic mass is 10.2. The number of carbonyl (C=O) groups is 1. The van der Waals surface area contributed by atoms with E-state index in [9.17, 15) is 4.79 Å². The number of aryl methyl sites for hydroxylation is 1. The van der Waals surface area contributed by atoms with Crippen LogP contribution in [0.2, 0.25) is 0 Å². The van der Waals surface area contributed by atoms with Gasteiger partial charge in [-0.25, -0.2) is 4.98 Å². The number of carbonyl (C=O) groups excluding carboxylic acids is 1. The summed E-state index contributed by atoms with van der Waals surface area (Å²) in [6.45, 7) is 7.32. The van der Waals surface area contributed by atoms with E-state index >= 15 is 0 Å². The van der Waals surface area contributed by atoms with Crippen LogP contribution in [0, 0.1) is 12.8 Å². The zero-order valence-corrected chi connectivity index (χ0v) is 11.7. The Morgan fingerprint density at radius 3 is 2.82 bits per heavy atom. The molecule has 0 saturated carbocycles. The van der Waals surface area contributed by atoms with E-state index in [0.717, 1.165) is 22.1 Å². The lowest BCUT2D eigenvalue weighted by molar-refractivity contribution is -0.120. The van der Waals surface area contributed by atoms with Crippen molar-refractivity contribution in [1.29, 1.82) is 0 Å². The van der Waals surface area contributed by atoms with Gasteiger partial charge in [0.25, 0.3) is 0 Å². The molecule has 0 radical (unpaired) electrons. The standard InChI is InChI=1S/C12H20N2O2S/c1-8(2)6-13-11(15)5-10-9(3)14-12(17-10)7-16-4/h8H,5-7H2,1-4H3,(H,13,15). The van der Waals surface area contributed by atoms with Crippen LogP contribution >= 0.6 is 11.3 Å². The van der Waals surface area contributed by atoms with Crippen molar-refractivity contribution in [2.24, 2.45) is 5.92 Å². The van der Waals surface area contributed by atoms with E-state index in [4.69, 9.17) is 4.74 Å². The Labute approximate surface area is 106 Å². The Hall–Kier alpha value is -0.940. The van der Waals surface area contributed by atoms with E-state index in [0.29, 0.717) is 18.9 Å². The summed E-state index contributed by atoms with van der Waals surface area (Å²) in [6.07, 6.45) is 0.417. The van der Waals surface area contributed by atoms with Crippen LogP contribution in [0.3, 0.4) is 0 Å². The minimum Gasteiger partial charge on any atom is -0.378 e. The van der Waals surface area contributed by atoms with Gasteiger partial charge in [0.1, 0.15) is 5.01 Å². The number of hydrogen-bond donors (Lipinski definition) is 1. The highest BCUT2D eigenvalue weighted by molar-refractivity contribution is 7.11. The molecule has 1 heterocycles. The molecule has 0 aliphatic heterocycles. The van der Waals surface area contributed by atoms with E-state index in [1.54, 1.807) is 18.4 Å². The first-order valence-corrected chi connectivity index (χ1v) is 6.55. The van der Waals surface area contributed by atoms with Crippen molar-refractivity contribution >= 4 is 17.2 Å². The third-order valence-corrected chi connectivity index (χ3v) is 3.36. The molecule has 0 spiro atoms. The molecule has 4 nitrogen and oxygen atoms in total. The zero-order valence-electron chi connectivity index (χ0n) is 10.9. The molecule has 96 valence electrons. The summed E-state index contributed by atoms with van der Waals surface area (Å²) < 4.78 is 5.03. The molecule has 1 aromatic rings. The topological polar surface area (TPSA) is 51.2 Å². The number of methoxy groups -OCH3 is 1. The number of rotatable bonds is 6. The minimum absolute atomic E-state index is 0.0643. The van der Waals surface area contributed by atoms with Crippen molar-refractivity contribution in [3.05, 3.63) is 15.6 Å². The molecule has 0 bridgehead atoms. The van der Waals surface area contributed by atoms with Crippen molar-refractivity contribution in [3.8, 4) is 0 Å². The number of thiazole rings is 1. The Morgan fingerprint density at radius 1 is 1.53 bits per heavy atom. The summed E-state index contributed by atoms with van der Waals surface area (Å²) in [5, 5.41) is 3.84. The van der Waals surface area contributed by atoms with Crippen molar-refractivity contribution in [2.75, 3.05) is 13.7 Å². The predicted octanol–water partition coefficient (Wildman–Crippen LogP) is 1.91. The van der Waals surface area contributed by atoms with Crippen LogP contribution in [0.5, 0.6) is 0 Å². The first-order chi connectivity index (χ1) is 8.02. The molecule has 0 unspecified atom stereocenters. The van der Waals surface area contributed by atoms with Gasteiger partial charge < -0.3 is 10.1 Å². The van der Waals surface area contributed by atoms with Gasteiger partial charge in [0.2, 0.25) is 5.91 Å². The van der Waals surface area contributed by atoms with E-state index in [1.807, 2.05) is 6.92 Å². The SMILES string of the molecule is COCc1nc(C)c(CC(=O)NCC(C)C)s1. The summed E-state index contributed by atoms with van der Waals surface area (Å²) >= 11 is 1.55. The molecular weight excluding hydrogens is 236 g/mol. The summed E-state index contributed by atoms with van der Waals surface area (Å²) in [5.41, 5.74) is 0.932. The Morgan fingerprint density at radius 2 is 2.24 bits per heavy atom. The van der Waals surface area contributed by atoms with Gasteiger partial charge in [-0.3, -0.25) is 4.79 Å². The van der Waals surface area contributed by atoms with Gasteiger partial charge >= 0.3 is 0 Å². The number of aromatic nitrogens is 1. The van der Waals surface area contributed by atoms with Gasteiger partial charge in [-0.1, -0.05) is 13.8 Å². The van der Waals surface area contributed by atoms with E-state index < -0.39 is 0 Å². The quantitative estimate of drug-likeness (QED) is 0.846. The Balaban J connectivity index is 2.52. The minimum atomic E-state index is 0.0643. The second-order valence-electron chi connectivity index (χ2n) is 4.42. The average molecular weight is 256 g/mol. The third kappa shape index (κ3) is 4.83.